The van der Waals surface area contributed by atoms with Crippen LogP contribution >= 0.6 is 0 Å². The van der Waals surface area contributed by atoms with E-state index in [4.69, 9.17) is 10.5 Å². The van der Waals surface area contributed by atoms with Gasteiger partial charge in [0, 0.05) is 26.3 Å². The molecule has 20 heavy (non-hydrogen) atoms. The second-order valence-electron chi connectivity index (χ2n) is 6.04. The molecule has 2 aliphatic rings. The van der Waals surface area contributed by atoms with Gasteiger partial charge in [-0.05, 0) is 24.7 Å². The van der Waals surface area contributed by atoms with Gasteiger partial charge in [-0.25, -0.2) is 9.97 Å². The van der Waals surface area contributed by atoms with E-state index in [2.05, 4.69) is 14.9 Å². The fraction of sp³-hybridized carbons (Fsp3) is 0.733. The molecule has 2 atom stereocenters. The van der Waals surface area contributed by atoms with Gasteiger partial charge in [0.2, 0.25) is 0 Å². The Kier molecular flexibility index (Phi) is 4.05. The van der Waals surface area contributed by atoms with Gasteiger partial charge in [0.1, 0.15) is 18.2 Å². The first-order valence-corrected chi connectivity index (χ1v) is 7.63. The first kappa shape index (κ1) is 13.6. The second kappa shape index (κ2) is 5.95. The predicted molar refractivity (Wildman–Crippen MR) is 79.4 cm³/mol. The van der Waals surface area contributed by atoms with E-state index in [1.54, 1.807) is 7.11 Å². The highest BCUT2D eigenvalue weighted by molar-refractivity contribution is 5.47. The summed E-state index contributed by atoms with van der Waals surface area (Å²) in [6.45, 7) is 2.62. The number of hydrogen-bond donors (Lipinski definition) is 1. The molecule has 0 amide bonds. The lowest BCUT2D eigenvalue weighted by molar-refractivity contribution is 0.177. The SMILES string of the molecule is COCc1nc(N)cc(N2CCC3CCCCC3C2)n1. The van der Waals surface area contributed by atoms with Crippen molar-refractivity contribution in [2.45, 2.75) is 38.7 Å². The molecule has 1 saturated carbocycles. The van der Waals surface area contributed by atoms with Crippen LogP contribution in [0, 0.1) is 11.8 Å². The number of nitrogen functional groups attached to an aromatic ring is 1. The first-order valence-electron chi connectivity index (χ1n) is 7.63. The monoisotopic (exact) mass is 276 g/mol. The third-order valence-electron chi connectivity index (χ3n) is 4.67. The molecular formula is C15H24N4O. The van der Waals surface area contributed by atoms with Gasteiger partial charge in [0.05, 0.1) is 0 Å². The maximum atomic E-state index is 5.89. The van der Waals surface area contributed by atoms with Crippen molar-refractivity contribution in [2.24, 2.45) is 11.8 Å². The molecule has 2 unspecified atom stereocenters. The number of nitrogens with zero attached hydrogens (tertiary/aromatic N) is 3. The van der Waals surface area contributed by atoms with Gasteiger partial charge in [0.15, 0.2) is 5.82 Å². The fourth-order valence-corrected chi connectivity index (χ4v) is 3.67. The van der Waals surface area contributed by atoms with Gasteiger partial charge in [-0.2, -0.15) is 0 Å². The van der Waals surface area contributed by atoms with E-state index < -0.39 is 0 Å². The van der Waals surface area contributed by atoms with Crippen LogP contribution in [0.3, 0.4) is 0 Å². The van der Waals surface area contributed by atoms with Crippen molar-refractivity contribution in [3.63, 3.8) is 0 Å². The Bertz CT molecular complexity index is 465. The summed E-state index contributed by atoms with van der Waals surface area (Å²) in [5.41, 5.74) is 5.89. The van der Waals surface area contributed by atoms with Gasteiger partial charge in [-0.1, -0.05) is 19.3 Å². The highest BCUT2D eigenvalue weighted by Gasteiger charge is 2.31. The number of hydrogen-bond acceptors (Lipinski definition) is 5. The van der Waals surface area contributed by atoms with Crippen LogP contribution in [0.15, 0.2) is 6.07 Å². The Hall–Kier alpha value is -1.36. The number of methoxy groups -OCH3 is 1. The molecule has 1 aromatic rings. The summed E-state index contributed by atoms with van der Waals surface area (Å²) in [5.74, 6) is 3.94. The van der Waals surface area contributed by atoms with Crippen molar-refractivity contribution in [3.05, 3.63) is 11.9 Å². The van der Waals surface area contributed by atoms with Crippen LogP contribution in [0.5, 0.6) is 0 Å². The average Bonchev–Trinajstić information content (AvgIpc) is 2.46. The highest BCUT2D eigenvalue weighted by Crippen LogP contribution is 2.37. The van der Waals surface area contributed by atoms with Crippen molar-refractivity contribution < 1.29 is 4.74 Å². The Morgan fingerprint density at radius 2 is 2.05 bits per heavy atom. The number of nitrogens with two attached hydrogens (primary N) is 1. The van der Waals surface area contributed by atoms with E-state index in [1.807, 2.05) is 6.07 Å². The molecule has 5 heteroatoms. The Labute approximate surface area is 120 Å². The maximum absolute atomic E-state index is 5.89. The largest absolute Gasteiger partial charge is 0.384 e. The molecule has 1 aliphatic heterocycles. The molecule has 0 aromatic carbocycles. The number of ether oxygens (including phenoxy) is 1. The second-order valence-corrected chi connectivity index (χ2v) is 6.04. The summed E-state index contributed by atoms with van der Waals surface area (Å²) in [6, 6.07) is 1.89. The summed E-state index contributed by atoms with van der Waals surface area (Å²) in [7, 11) is 1.65. The Morgan fingerprint density at radius 1 is 1.25 bits per heavy atom. The average molecular weight is 276 g/mol. The normalized spacial score (nSPS) is 26.4. The Balaban J connectivity index is 1.75. The van der Waals surface area contributed by atoms with E-state index in [-0.39, 0.29) is 0 Å². The number of rotatable bonds is 3. The molecule has 3 rings (SSSR count). The van der Waals surface area contributed by atoms with E-state index in [0.29, 0.717) is 18.2 Å². The van der Waals surface area contributed by atoms with E-state index in [1.165, 1.54) is 32.1 Å². The molecule has 0 bridgehead atoms. The summed E-state index contributed by atoms with van der Waals surface area (Å²) in [4.78, 5) is 11.2. The number of anilines is 2. The molecule has 0 radical (unpaired) electrons. The number of aromatic nitrogens is 2. The van der Waals surface area contributed by atoms with Gasteiger partial charge in [-0.3, -0.25) is 0 Å². The van der Waals surface area contributed by atoms with E-state index in [0.717, 1.165) is 30.7 Å². The zero-order valence-corrected chi connectivity index (χ0v) is 12.2. The van der Waals surface area contributed by atoms with Gasteiger partial charge < -0.3 is 15.4 Å². The molecule has 1 saturated heterocycles. The predicted octanol–water partition coefficient (Wildman–Crippen LogP) is 2.22. The first-order chi connectivity index (χ1) is 9.76. The van der Waals surface area contributed by atoms with Crippen LogP contribution in [0.2, 0.25) is 0 Å². The van der Waals surface area contributed by atoms with Gasteiger partial charge in [-0.15, -0.1) is 0 Å². The lowest BCUT2D eigenvalue weighted by atomic mass is 9.75. The molecule has 2 heterocycles. The van der Waals surface area contributed by atoms with Crippen LogP contribution in [0.1, 0.15) is 37.9 Å². The third-order valence-corrected chi connectivity index (χ3v) is 4.67. The highest BCUT2D eigenvalue weighted by atomic mass is 16.5. The maximum Gasteiger partial charge on any atom is 0.158 e. The quantitative estimate of drug-likeness (QED) is 0.917. The van der Waals surface area contributed by atoms with Crippen molar-refractivity contribution in [3.8, 4) is 0 Å². The van der Waals surface area contributed by atoms with Crippen molar-refractivity contribution in [1.82, 2.24) is 9.97 Å². The molecule has 110 valence electrons. The topological polar surface area (TPSA) is 64.3 Å². The van der Waals surface area contributed by atoms with E-state index in [9.17, 15) is 0 Å². The summed E-state index contributed by atoms with van der Waals surface area (Å²) < 4.78 is 5.11. The molecule has 2 N–H and O–H groups in total. The number of piperidine rings is 1. The summed E-state index contributed by atoms with van der Waals surface area (Å²) >= 11 is 0. The lowest BCUT2D eigenvalue weighted by Crippen LogP contribution is -2.42. The molecular weight excluding hydrogens is 252 g/mol. The molecule has 2 fully saturated rings. The van der Waals surface area contributed by atoms with Crippen molar-refractivity contribution in [2.75, 3.05) is 30.8 Å². The molecule has 1 aliphatic carbocycles. The number of fused-ring (bicyclic) bond motifs is 1. The summed E-state index contributed by atoms with van der Waals surface area (Å²) in [6.07, 6.45) is 6.87. The van der Waals surface area contributed by atoms with Crippen LogP contribution in [0.25, 0.3) is 0 Å². The van der Waals surface area contributed by atoms with Crippen LogP contribution in [-0.2, 0) is 11.3 Å². The van der Waals surface area contributed by atoms with Gasteiger partial charge in [0.25, 0.3) is 0 Å². The van der Waals surface area contributed by atoms with Gasteiger partial charge >= 0.3 is 0 Å². The molecule has 5 nitrogen and oxygen atoms in total. The smallest absolute Gasteiger partial charge is 0.158 e. The van der Waals surface area contributed by atoms with Crippen LogP contribution in [0.4, 0.5) is 11.6 Å². The van der Waals surface area contributed by atoms with Crippen molar-refractivity contribution in [1.29, 1.82) is 0 Å². The summed E-state index contributed by atoms with van der Waals surface area (Å²) in [5, 5.41) is 0. The third kappa shape index (κ3) is 2.87. The zero-order chi connectivity index (χ0) is 13.9. The minimum Gasteiger partial charge on any atom is -0.384 e. The standard InChI is InChI=1S/C15H24N4O/c1-20-10-14-17-13(16)8-15(18-14)19-7-6-11-4-2-3-5-12(11)9-19/h8,11-12H,2-7,9-10H2,1H3,(H2,16,17,18). The molecule has 1 aromatic heterocycles. The minimum absolute atomic E-state index is 0.415. The zero-order valence-electron chi connectivity index (χ0n) is 12.2. The van der Waals surface area contributed by atoms with Crippen LogP contribution in [-0.4, -0.2) is 30.2 Å². The molecule has 0 spiro atoms. The van der Waals surface area contributed by atoms with Crippen molar-refractivity contribution >= 4 is 11.6 Å². The van der Waals surface area contributed by atoms with E-state index >= 15 is 0 Å². The Morgan fingerprint density at radius 3 is 2.85 bits per heavy atom. The fourth-order valence-electron chi connectivity index (χ4n) is 3.67. The minimum atomic E-state index is 0.415. The lowest BCUT2D eigenvalue weighted by Gasteiger charge is -2.41. The van der Waals surface area contributed by atoms with Crippen LogP contribution < -0.4 is 10.6 Å².